The molecule has 0 aliphatic carbocycles. The summed E-state index contributed by atoms with van der Waals surface area (Å²) in [5, 5.41) is 10.8. The second-order valence-corrected chi connectivity index (χ2v) is 7.00. The summed E-state index contributed by atoms with van der Waals surface area (Å²) in [5.41, 5.74) is 1.23. The Bertz CT molecular complexity index is 1120. The van der Waals surface area contributed by atoms with Crippen LogP contribution in [0.2, 0.25) is 0 Å². The molecule has 0 saturated carbocycles. The summed E-state index contributed by atoms with van der Waals surface area (Å²) in [6.07, 6.45) is 0.438. The molecule has 1 N–H and O–H groups in total. The molecule has 26 heavy (non-hydrogen) atoms. The number of rotatable bonds is 4. The third kappa shape index (κ3) is 3.16. The van der Waals surface area contributed by atoms with Gasteiger partial charge in [-0.1, -0.05) is 42.5 Å². The van der Waals surface area contributed by atoms with E-state index >= 15 is 0 Å². The molecule has 0 saturated heterocycles. The van der Waals surface area contributed by atoms with Crippen LogP contribution in [0.25, 0.3) is 20.7 Å². The lowest BCUT2D eigenvalue weighted by Crippen LogP contribution is -2.23. The minimum absolute atomic E-state index is 0.0156. The van der Waals surface area contributed by atoms with Crippen molar-refractivity contribution in [3.8, 4) is 10.4 Å². The van der Waals surface area contributed by atoms with E-state index in [9.17, 15) is 14.3 Å². The SMILES string of the molecule is O=c1c2cc(-c3ccccc3)sc2ncn1C[C@H](O)c1cccc(F)c1. The van der Waals surface area contributed by atoms with E-state index in [1.165, 1.54) is 40.4 Å². The topological polar surface area (TPSA) is 55.1 Å². The number of thiophene rings is 1. The molecule has 0 aliphatic heterocycles. The number of aliphatic hydroxyl groups is 1. The van der Waals surface area contributed by atoms with E-state index in [0.29, 0.717) is 15.8 Å². The summed E-state index contributed by atoms with van der Waals surface area (Å²) < 4.78 is 14.7. The van der Waals surface area contributed by atoms with Crippen molar-refractivity contribution in [2.24, 2.45) is 0 Å². The van der Waals surface area contributed by atoms with Gasteiger partial charge >= 0.3 is 0 Å². The molecule has 2 aromatic heterocycles. The normalized spacial score (nSPS) is 12.4. The van der Waals surface area contributed by atoms with Crippen LogP contribution >= 0.6 is 11.3 Å². The fourth-order valence-electron chi connectivity index (χ4n) is 2.84. The lowest BCUT2D eigenvalue weighted by Gasteiger charge is -2.12. The molecule has 0 amide bonds. The van der Waals surface area contributed by atoms with E-state index in [4.69, 9.17) is 0 Å². The van der Waals surface area contributed by atoms with Gasteiger partial charge in [-0.25, -0.2) is 9.37 Å². The van der Waals surface area contributed by atoms with E-state index < -0.39 is 11.9 Å². The van der Waals surface area contributed by atoms with Gasteiger partial charge in [0.15, 0.2) is 0 Å². The largest absolute Gasteiger partial charge is 0.387 e. The minimum atomic E-state index is -0.991. The monoisotopic (exact) mass is 366 g/mol. The number of halogens is 1. The van der Waals surface area contributed by atoms with Crippen LogP contribution in [0.5, 0.6) is 0 Å². The molecule has 2 heterocycles. The number of hydrogen-bond acceptors (Lipinski definition) is 4. The fourth-order valence-corrected chi connectivity index (χ4v) is 3.84. The van der Waals surface area contributed by atoms with Gasteiger partial charge in [0.2, 0.25) is 0 Å². The quantitative estimate of drug-likeness (QED) is 0.594. The first-order chi connectivity index (χ1) is 12.6. The maximum Gasteiger partial charge on any atom is 0.262 e. The Balaban J connectivity index is 1.68. The van der Waals surface area contributed by atoms with Crippen LogP contribution in [0.3, 0.4) is 0 Å². The molecule has 2 aromatic carbocycles. The predicted octanol–water partition coefficient (Wildman–Crippen LogP) is 4.00. The first kappa shape index (κ1) is 16.6. The van der Waals surface area contributed by atoms with Crippen LogP contribution in [0.4, 0.5) is 4.39 Å². The molecule has 0 bridgehead atoms. The summed E-state index contributed by atoms with van der Waals surface area (Å²) in [4.78, 5) is 18.7. The minimum Gasteiger partial charge on any atom is -0.387 e. The summed E-state index contributed by atoms with van der Waals surface area (Å²) in [6, 6.07) is 17.4. The lowest BCUT2D eigenvalue weighted by atomic mass is 10.1. The highest BCUT2D eigenvalue weighted by Crippen LogP contribution is 2.30. The summed E-state index contributed by atoms with van der Waals surface area (Å²) in [7, 11) is 0. The van der Waals surface area contributed by atoms with Crippen molar-refractivity contribution in [3.63, 3.8) is 0 Å². The number of aliphatic hydroxyl groups excluding tert-OH is 1. The predicted molar refractivity (Wildman–Crippen MR) is 101 cm³/mol. The van der Waals surface area contributed by atoms with Gasteiger partial charge in [-0.2, -0.15) is 0 Å². The highest BCUT2D eigenvalue weighted by Gasteiger charge is 2.14. The number of hydrogen-bond donors (Lipinski definition) is 1. The summed E-state index contributed by atoms with van der Waals surface area (Å²) in [5.74, 6) is -0.423. The van der Waals surface area contributed by atoms with Gasteiger partial charge in [-0.05, 0) is 29.3 Å². The van der Waals surface area contributed by atoms with Gasteiger partial charge in [0, 0.05) is 4.88 Å². The molecule has 0 fully saturated rings. The fraction of sp³-hybridized carbons (Fsp3) is 0.100. The zero-order chi connectivity index (χ0) is 18.1. The van der Waals surface area contributed by atoms with Gasteiger partial charge in [0.1, 0.15) is 10.6 Å². The van der Waals surface area contributed by atoms with Crippen molar-refractivity contribution in [2.75, 3.05) is 0 Å². The van der Waals surface area contributed by atoms with E-state index in [1.807, 2.05) is 36.4 Å². The average molecular weight is 366 g/mol. The van der Waals surface area contributed by atoms with Crippen molar-refractivity contribution in [2.45, 2.75) is 12.6 Å². The van der Waals surface area contributed by atoms with Crippen LogP contribution in [-0.4, -0.2) is 14.7 Å². The molecule has 0 aliphatic rings. The molecule has 4 rings (SSSR count). The molecule has 0 unspecified atom stereocenters. The second-order valence-electron chi connectivity index (χ2n) is 5.97. The van der Waals surface area contributed by atoms with Crippen molar-refractivity contribution >= 4 is 21.6 Å². The third-order valence-electron chi connectivity index (χ3n) is 4.18. The van der Waals surface area contributed by atoms with Crippen molar-refractivity contribution in [1.29, 1.82) is 0 Å². The number of fused-ring (bicyclic) bond motifs is 1. The first-order valence-electron chi connectivity index (χ1n) is 8.10. The smallest absolute Gasteiger partial charge is 0.262 e. The van der Waals surface area contributed by atoms with E-state index in [-0.39, 0.29) is 12.1 Å². The zero-order valence-electron chi connectivity index (χ0n) is 13.7. The molecule has 130 valence electrons. The molecule has 4 nitrogen and oxygen atoms in total. The Hall–Kier alpha value is -2.83. The van der Waals surface area contributed by atoms with Crippen molar-refractivity contribution in [1.82, 2.24) is 9.55 Å². The maximum atomic E-state index is 13.3. The molecular weight excluding hydrogens is 351 g/mol. The number of benzene rings is 2. The molecule has 4 aromatic rings. The van der Waals surface area contributed by atoms with Crippen LogP contribution in [0, 0.1) is 5.82 Å². The number of aromatic nitrogens is 2. The highest BCUT2D eigenvalue weighted by molar-refractivity contribution is 7.21. The van der Waals surface area contributed by atoms with Crippen LogP contribution in [-0.2, 0) is 6.54 Å². The molecule has 1 atom stereocenters. The van der Waals surface area contributed by atoms with Crippen LogP contribution in [0.15, 0.2) is 71.8 Å². The third-order valence-corrected chi connectivity index (χ3v) is 5.27. The van der Waals surface area contributed by atoms with E-state index in [1.54, 1.807) is 6.07 Å². The molecule has 0 radical (unpaired) electrons. The Kier molecular flexibility index (Phi) is 4.36. The Labute approximate surface area is 152 Å². The Morgan fingerprint density at radius 3 is 2.69 bits per heavy atom. The molecule has 0 spiro atoms. The maximum absolute atomic E-state index is 13.3. The van der Waals surface area contributed by atoms with Gasteiger partial charge in [-0.15, -0.1) is 11.3 Å². The van der Waals surface area contributed by atoms with E-state index in [0.717, 1.165) is 10.4 Å². The Morgan fingerprint density at radius 2 is 1.92 bits per heavy atom. The van der Waals surface area contributed by atoms with Crippen molar-refractivity contribution in [3.05, 3.63) is 88.7 Å². The van der Waals surface area contributed by atoms with Crippen molar-refractivity contribution < 1.29 is 9.50 Å². The Morgan fingerprint density at radius 1 is 1.12 bits per heavy atom. The van der Waals surface area contributed by atoms with Gasteiger partial charge in [0.05, 0.1) is 24.4 Å². The molecule has 6 heteroatoms. The summed E-state index contributed by atoms with van der Waals surface area (Å²) >= 11 is 1.45. The summed E-state index contributed by atoms with van der Waals surface area (Å²) in [6.45, 7) is 0.0156. The van der Waals surface area contributed by atoms with Crippen LogP contribution in [0.1, 0.15) is 11.7 Å². The molecular formula is C20H15FN2O2S. The zero-order valence-corrected chi connectivity index (χ0v) is 14.5. The van der Waals surface area contributed by atoms with Gasteiger partial charge in [-0.3, -0.25) is 9.36 Å². The van der Waals surface area contributed by atoms with E-state index in [2.05, 4.69) is 4.98 Å². The lowest BCUT2D eigenvalue weighted by molar-refractivity contribution is 0.154. The number of nitrogens with zero attached hydrogens (tertiary/aromatic N) is 2. The van der Waals surface area contributed by atoms with Gasteiger partial charge < -0.3 is 5.11 Å². The standard InChI is InChI=1S/C20H15FN2O2S/c21-15-8-4-7-14(9-15)17(24)11-23-12-22-19-16(20(23)25)10-18(26-19)13-5-2-1-3-6-13/h1-10,12,17,24H,11H2/t17-/m0/s1. The van der Waals surface area contributed by atoms with Gasteiger partial charge in [0.25, 0.3) is 5.56 Å². The second kappa shape index (κ2) is 6.82. The highest BCUT2D eigenvalue weighted by atomic mass is 32.1. The average Bonchev–Trinajstić information content (AvgIpc) is 3.10. The van der Waals surface area contributed by atoms with Crippen LogP contribution < -0.4 is 5.56 Å². The first-order valence-corrected chi connectivity index (χ1v) is 8.91.